The van der Waals surface area contributed by atoms with Crippen LogP contribution in [0.3, 0.4) is 0 Å². The number of amides is 1. The highest BCUT2D eigenvalue weighted by molar-refractivity contribution is 7.88. The Labute approximate surface area is 171 Å². The molecule has 0 unspecified atom stereocenters. The molecule has 2 saturated heterocycles. The highest BCUT2D eigenvalue weighted by Gasteiger charge is 2.34. The van der Waals surface area contributed by atoms with Crippen molar-refractivity contribution in [2.45, 2.75) is 38.4 Å². The van der Waals surface area contributed by atoms with Crippen molar-refractivity contribution in [3.05, 3.63) is 33.8 Å². The van der Waals surface area contributed by atoms with Crippen LogP contribution < -0.4 is 0 Å². The average Bonchev–Trinajstić information content (AvgIpc) is 2.64. The van der Waals surface area contributed by atoms with Crippen LogP contribution in [0.15, 0.2) is 18.2 Å². The summed E-state index contributed by atoms with van der Waals surface area (Å²) < 4.78 is 27.0. The number of carbonyl (C=O) groups is 1. The molecule has 0 spiro atoms. The van der Waals surface area contributed by atoms with Crippen LogP contribution in [0.5, 0.6) is 0 Å². The van der Waals surface area contributed by atoms with E-state index in [1.807, 2.05) is 4.90 Å². The molecule has 2 aliphatic rings. The molecule has 5 nitrogen and oxygen atoms in total. The lowest BCUT2D eigenvalue weighted by Crippen LogP contribution is -2.46. The van der Waals surface area contributed by atoms with Gasteiger partial charge in [0.25, 0.3) is 0 Å². The molecular weight excluding hydrogens is 407 g/mol. The molecule has 1 aromatic rings. The number of rotatable bonds is 4. The molecule has 2 fully saturated rings. The Morgan fingerprint density at radius 1 is 1.07 bits per heavy atom. The van der Waals surface area contributed by atoms with Gasteiger partial charge in [-0.25, -0.2) is 12.7 Å². The number of halogens is 2. The summed E-state index contributed by atoms with van der Waals surface area (Å²) in [6, 6.07) is 4.84. The van der Waals surface area contributed by atoms with E-state index in [0.29, 0.717) is 47.5 Å². The maximum absolute atomic E-state index is 12.7. The van der Waals surface area contributed by atoms with Gasteiger partial charge in [0.05, 0.1) is 5.75 Å². The van der Waals surface area contributed by atoms with E-state index in [9.17, 15) is 13.2 Å². The normalized spacial score (nSPS) is 20.8. The van der Waals surface area contributed by atoms with Crippen LogP contribution in [0, 0.1) is 11.8 Å². The van der Waals surface area contributed by atoms with Gasteiger partial charge in [-0.2, -0.15) is 0 Å². The minimum Gasteiger partial charge on any atom is -0.342 e. The van der Waals surface area contributed by atoms with Crippen molar-refractivity contribution in [3.63, 3.8) is 0 Å². The fourth-order valence-corrected chi connectivity index (χ4v) is 5.94. The number of likely N-dealkylation sites (tertiary alicyclic amines) is 1. The minimum absolute atomic E-state index is 0.0658. The monoisotopic (exact) mass is 432 g/mol. The largest absolute Gasteiger partial charge is 0.342 e. The first-order chi connectivity index (χ1) is 12.8. The van der Waals surface area contributed by atoms with Gasteiger partial charge in [-0.05, 0) is 49.3 Å². The number of benzene rings is 1. The molecular formula is C19H26Cl2N2O3S. The summed E-state index contributed by atoms with van der Waals surface area (Å²) in [5, 5.41) is 0.836. The first-order valence-corrected chi connectivity index (χ1v) is 11.8. The molecule has 8 heteroatoms. The lowest BCUT2D eigenvalue weighted by molar-refractivity contribution is -0.138. The Bertz CT molecular complexity index is 784. The van der Waals surface area contributed by atoms with E-state index in [2.05, 4.69) is 6.92 Å². The molecule has 0 aliphatic carbocycles. The van der Waals surface area contributed by atoms with Crippen molar-refractivity contribution in [2.75, 3.05) is 26.2 Å². The van der Waals surface area contributed by atoms with E-state index in [4.69, 9.17) is 23.2 Å². The topological polar surface area (TPSA) is 57.7 Å². The number of hydrogen-bond acceptors (Lipinski definition) is 3. The van der Waals surface area contributed by atoms with Crippen LogP contribution in [0.2, 0.25) is 10.0 Å². The van der Waals surface area contributed by atoms with E-state index in [-0.39, 0.29) is 17.6 Å². The Balaban J connectivity index is 1.57. The van der Waals surface area contributed by atoms with E-state index < -0.39 is 10.0 Å². The van der Waals surface area contributed by atoms with Crippen LogP contribution in [0.1, 0.15) is 38.2 Å². The lowest BCUT2D eigenvalue weighted by atomic mass is 9.93. The zero-order valence-electron chi connectivity index (χ0n) is 15.5. The van der Waals surface area contributed by atoms with Gasteiger partial charge < -0.3 is 4.90 Å². The Kier molecular flexibility index (Phi) is 6.72. The van der Waals surface area contributed by atoms with E-state index in [1.54, 1.807) is 18.2 Å². The summed E-state index contributed by atoms with van der Waals surface area (Å²) in [7, 11) is -3.47. The van der Waals surface area contributed by atoms with Gasteiger partial charge in [0.1, 0.15) is 0 Å². The fourth-order valence-electron chi connectivity index (χ4n) is 3.79. The predicted octanol–water partition coefficient (Wildman–Crippen LogP) is 3.79. The number of carbonyl (C=O) groups excluding carboxylic acids is 1. The maximum Gasteiger partial charge on any atom is 0.225 e. The number of sulfonamides is 1. The highest BCUT2D eigenvalue weighted by atomic mass is 35.5. The molecule has 1 amide bonds. The quantitative estimate of drug-likeness (QED) is 0.726. The summed E-state index contributed by atoms with van der Waals surface area (Å²) >= 11 is 12.0. The molecule has 3 rings (SSSR count). The fraction of sp³-hybridized carbons (Fsp3) is 0.632. The van der Waals surface area contributed by atoms with Gasteiger partial charge in [-0.15, -0.1) is 0 Å². The molecule has 0 saturated carbocycles. The summed E-state index contributed by atoms with van der Waals surface area (Å²) in [4.78, 5) is 14.7. The Morgan fingerprint density at radius 3 is 2.30 bits per heavy atom. The van der Waals surface area contributed by atoms with Crippen molar-refractivity contribution in [3.8, 4) is 0 Å². The third-order valence-corrected chi connectivity index (χ3v) is 8.06. The van der Waals surface area contributed by atoms with Gasteiger partial charge in [-0.3, -0.25) is 4.79 Å². The second kappa shape index (κ2) is 8.68. The van der Waals surface area contributed by atoms with Crippen LogP contribution >= 0.6 is 23.2 Å². The van der Waals surface area contributed by atoms with Crippen molar-refractivity contribution in [1.82, 2.24) is 9.21 Å². The van der Waals surface area contributed by atoms with E-state index in [1.165, 1.54) is 4.31 Å². The predicted molar refractivity (Wildman–Crippen MR) is 108 cm³/mol. The molecule has 150 valence electrons. The highest BCUT2D eigenvalue weighted by Crippen LogP contribution is 2.28. The summed E-state index contributed by atoms with van der Waals surface area (Å²) in [5.41, 5.74) is 0.543. The smallest absolute Gasteiger partial charge is 0.225 e. The molecule has 27 heavy (non-hydrogen) atoms. The van der Waals surface area contributed by atoms with Crippen molar-refractivity contribution in [2.24, 2.45) is 11.8 Å². The summed E-state index contributed by atoms with van der Waals surface area (Å²) in [6.45, 7) is 4.64. The molecule has 2 aliphatic heterocycles. The number of piperidine rings is 2. The SMILES string of the molecule is CC1CCN(C(=O)C2CCN(S(=O)(=O)Cc3ccc(Cl)cc3Cl)CC2)CC1. The van der Waals surface area contributed by atoms with Crippen LogP contribution in [-0.4, -0.2) is 49.7 Å². The molecule has 0 atom stereocenters. The molecule has 0 N–H and O–H groups in total. The molecule has 0 bridgehead atoms. The molecule has 0 radical (unpaired) electrons. The molecule has 1 aromatic carbocycles. The third-order valence-electron chi connectivity index (χ3n) is 5.64. The Morgan fingerprint density at radius 2 is 1.70 bits per heavy atom. The first kappa shape index (κ1) is 20.9. The average molecular weight is 433 g/mol. The van der Waals surface area contributed by atoms with Crippen molar-refractivity contribution >= 4 is 39.1 Å². The van der Waals surface area contributed by atoms with Gasteiger partial charge in [0.15, 0.2) is 0 Å². The van der Waals surface area contributed by atoms with Gasteiger partial charge >= 0.3 is 0 Å². The first-order valence-electron chi connectivity index (χ1n) is 9.47. The minimum atomic E-state index is -3.47. The van der Waals surface area contributed by atoms with Gasteiger partial charge in [0.2, 0.25) is 15.9 Å². The van der Waals surface area contributed by atoms with Gasteiger partial charge in [0, 0.05) is 42.1 Å². The number of hydrogen-bond donors (Lipinski definition) is 0. The van der Waals surface area contributed by atoms with Crippen molar-refractivity contribution in [1.29, 1.82) is 0 Å². The van der Waals surface area contributed by atoms with E-state index in [0.717, 1.165) is 25.9 Å². The second-order valence-electron chi connectivity index (χ2n) is 7.67. The lowest BCUT2D eigenvalue weighted by Gasteiger charge is -2.36. The second-order valence-corrected chi connectivity index (χ2v) is 10.5. The molecule has 0 aromatic heterocycles. The zero-order chi connectivity index (χ0) is 19.6. The third kappa shape index (κ3) is 5.17. The standard InChI is InChI=1S/C19H26Cl2N2O3S/c1-14-4-8-22(9-5-14)19(24)15-6-10-23(11-7-15)27(25,26)13-16-2-3-17(20)12-18(16)21/h2-3,12,14-15H,4-11,13H2,1H3. The van der Waals surface area contributed by atoms with Crippen LogP contribution in [-0.2, 0) is 20.6 Å². The van der Waals surface area contributed by atoms with E-state index >= 15 is 0 Å². The number of nitrogens with zero attached hydrogens (tertiary/aromatic N) is 2. The molecule has 2 heterocycles. The van der Waals surface area contributed by atoms with Gasteiger partial charge in [-0.1, -0.05) is 36.2 Å². The zero-order valence-corrected chi connectivity index (χ0v) is 17.9. The summed E-state index contributed by atoms with van der Waals surface area (Å²) in [5.74, 6) is 0.662. The van der Waals surface area contributed by atoms with Crippen molar-refractivity contribution < 1.29 is 13.2 Å². The summed E-state index contributed by atoms with van der Waals surface area (Å²) in [6.07, 6.45) is 3.28. The van der Waals surface area contributed by atoms with Crippen LogP contribution in [0.4, 0.5) is 0 Å². The van der Waals surface area contributed by atoms with Crippen LogP contribution in [0.25, 0.3) is 0 Å². The Hall–Kier alpha value is -0.820. The maximum atomic E-state index is 12.7.